The molecule has 0 amide bonds. The van der Waals surface area contributed by atoms with Gasteiger partial charge >= 0.3 is 0 Å². The van der Waals surface area contributed by atoms with Crippen molar-refractivity contribution in [1.82, 2.24) is 10.2 Å². The van der Waals surface area contributed by atoms with Crippen LogP contribution in [-0.2, 0) is 6.54 Å². The van der Waals surface area contributed by atoms with Gasteiger partial charge in [-0.2, -0.15) is 0 Å². The molecule has 0 aliphatic carbocycles. The van der Waals surface area contributed by atoms with Gasteiger partial charge in [0.1, 0.15) is 5.83 Å². The molecular formula is C15H21FN2. The van der Waals surface area contributed by atoms with E-state index >= 15 is 0 Å². The standard InChI is InChI=1S/C15H21FN2/c1-18(11-13-5-3-2-4-6-13)12-15(16)14-7-9-17-10-8-14/h2-6,17H,7-12H2,1H3. The van der Waals surface area contributed by atoms with Crippen molar-refractivity contribution < 1.29 is 4.39 Å². The minimum absolute atomic E-state index is 0.0648. The molecule has 0 atom stereocenters. The summed E-state index contributed by atoms with van der Waals surface area (Å²) >= 11 is 0. The molecule has 1 heterocycles. The number of hydrogen-bond acceptors (Lipinski definition) is 2. The highest BCUT2D eigenvalue weighted by Crippen LogP contribution is 2.18. The fraction of sp³-hybridized carbons (Fsp3) is 0.467. The topological polar surface area (TPSA) is 15.3 Å². The lowest BCUT2D eigenvalue weighted by atomic mass is 10.0. The molecule has 1 fully saturated rings. The first-order valence-corrected chi connectivity index (χ1v) is 6.55. The number of benzene rings is 1. The molecule has 1 aliphatic heterocycles. The fourth-order valence-electron chi connectivity index (χ4n) is 2.30. The van der Waals surface area contributed by atoms with Crippen molar-refractivity contribution in [3.05, 3.63) is 47.3 Å². The average Bonchev–Trinajstić information content (AvgIpc) is 2.40. The number of likely N-dealkylation sites (N-methyl/N-ethyl adjacent to an activating group) is 1. The zero-order chi connectivity index (χ0) is 12.8. The van der Waals surface area contributed by atoms with E-state index in [-0.39, 0.29) is 5.83 Å². The van der Waals surface area contributed by atoms with Gasteiger partial charge in [-0.05, 0) is 44.1 Å². The highest BCUT2D eigenvalue weighted by atomic mass is 19.1. The maximum absolute atomic E-state index is 14.1. The quantitative estimate of drug-likeness (QED) is 0.881. The van der Waals surface area contributed by atoms with Gasteiger partial charge in [0.25, 0.3) is 0 Å². The van der Waals surface area contributed by atoms with Crippen LogP contribution in [0.25, 0.3) is 0 Å². The zero-order valence-electron chi connectivity index (χ0n) is 11.0. The van der Waals surface area contributed by atoms with Gasteiger partial charge in [-0.15, -0.1) is 0 Å². The van der Waals surface area contributed by atoms with Crippen molar-refractivity contribution in [2.24, 2.45) is 0 Å². The Labute approximate surface area is 108 Å². The Morgan fingerprint density at radius 1 is 1.22 bits per heavy atom. The highest BCUT2D eigenvalue weighted by Gasteiger charge is 2.12. The van der Waals surface area contributed by atoms with E-state index in [4.69, 9.17) is 0 Å². The van der Waals surface area contributed by atoms with Crippen LogP contribution in [0, 0.1) is 0 Å². The minimum atomic E-state index is 0.0648. The molecule has 1 aromatic carbocycles. The van der Waals surface area contributed by atoms with Crippen molar-refractivity contribution in [3.8, 4) is 0 Å². The molecule has 1 aliphatic rings. The molecule has 0 bridgehead atoms. The van der Waals surface area contributed by atoms with E-state index in [0.29, 0.717) is 6.54 Å². The van der Waals surface area contributed by atoms with Gasteiger partial charge in [-0.3, -0.25) is 4.90 Å². The van der Waals surface area contributed by atoms with E-state index in [2.05, 4.69) is 17.4 Å². The largest absolute Gasteiger partial charge is 0.316 e. The van der Waals surface area contributed by atoms with Crippen molar-refractivity contribution in [2.45, 2.75) is 19.4 Å². The number of halogens is 1. The second kappa shape index (κ2) is 6.66. The molecule has 2 nitrogen and oxygen atoms in total. The Balaban J connectivity index is 1.88. The Bertz CT molecular complexity index is 392. The molecule has 0 aromatic heterocycles. The monoisotopic (exact) mass is 248 g/mol. The predicted octanol–water partition coefficient (Wildman–Crippen LogP) is 2.73. The van der Waals surface area contributed by atoms with Crippen LogP contribution in [0.3, 0.4) is 0 Å². The van der Waals surface area contributed by atoms with E-state index in [1.54, 1.807) is 0 Å². The maximum Gasteiger partial charge on any atom is 0.113 e. The van der Waals surface area contributed by atoms with Crippen molar-refractivity contribution in [3.63, 3.8) is 0 Å². The number of piperidine rings is 1. The van der Waals surface area contributed by atoms with Crippen LogP contribution >= 0.6 is 0 Å². The summed E-state index contributed by atoms with van der Waals surface area (Å²) in [6.07, 6.45) is 1.70. The van der Waals surface area contributed by atoms with Gasteiger partial charge in [-0.25, -0.2) is 4.39 Å². The Hall–Kier alpha value is -1.19. The number of rotatable bonds is 4. The second-order valence-corrected chi connectivity index (χ2v) is 4.92. The lowest BCUT2D eigenvalue weighted by Crippen LogP contribution is -2.26. The molecule has 0 saturated carbocycles. The molecule has 98 valence electrons. The zero-order valence-corrected chi connectivity index (χ0v) is 11.0. The van der Waals surface area contributed by atoms with Gasteiger partial charge in [0.2, 0.25) is 0 Å². The van der Waals surface area contributed by atoms with E-state index in [1.807, 2.05) is 30.1 Å². The van der Waals surface area contributed by atoms with Crippen molar-refractivity contribution in [2.75, 3.05) is 26.7 Å². The van der Waals surface area contributed by atoms with E-state index < -0.39 is 0 Å². The lowest BCUT2D eigenvalue weighted by Gasteiger charge is -2.20. The molecule has 1 aromatic rings. The molecule has 0 radical (unpaired) electrons. The smallest absolute Gasteiger partial charge is 0.113 e. The Morgan fingerprint density at radius 2 is 1.89 bits per heavy atom. The first kappa shape index (κ1) is 13.2. The molecule has 1 N–H and O–H groups in total. The van der Waals surface area contributed by atoms with Crippen molar-refractivity contribution in [1.29, 1.82) is 0 Å². The van der Waals surface area contributed by atoms with Crippen LogP contribution in [0.2, 0.25) is 0 Å². The van der Waals surface area contributed by atoms with Gasteiger partial charge in [-0.1, -0.05) is 30.3 Å². The molecule has 0 unspecified atom stereocenters. The van der Waals surface area contributed by atoms with Crippen LogP contribution in [0.1, 0.15) is 18.4 Å². The molecule has 1 saturated heterocycles. The molecule has 3 heteroatoms. The van der Waals surface area contributed by atoms with Gasteiger partial charge in [0.05, 0.1) is 6.54 Å². The third kappa shape index (κ3) is 3.93. The normalized spacial score (nSPS) is 16.1. The highest BCUT2D eigenvalue weighted by molar-refractivity contribution is 5.16. The van der Waals surface area contributed by atoms with E-state index in [0.717, 1.165) is 38.0 Å². The summed E-state index contributed by atoms with van der Waals surface area (Å²) in [5, 5.41) is 3.25. The second-order valence-electron chi connectivity index (χ2n) is 4.92. The summed E-state index contributed by atoms with van der Waals surface area (Å²) in [7, 11) is 1.97. The fourth-order valence-corrected chi connectivity index (χ4v) is 2.30. The molecule has 0 spiro atoms. The summed E-state index contributed by atoms with van der Waals surface area (Å²) in [5.41, 5.74) is 2.22. The Morgan fingerprint density at radius 3 is 2.56 bits per heavy atom. The number of nitrogens with zero attached hydrogens (tertiary/aromatic N) is 1. The third-order valence-corrected chi connectivity index (χ3v) is 3.29. The average molecular weight is 248 g/mol. The first-order valence-electron chi connectivity index (χ1n) is 6.55. The maximum atomic E-state index is 14.1. The summed E-state index contributed by atoms with van der Waals surface area (Å²) in [5.74, 6) is 0.0648. The summed E-state index contributed by atoms with van der Waals surface area (Å²) in [6, 6.07) is 10.2. The number of hydrogen-bond donors (Lipinski definition) is 1. The van der Waals surface area contributed by atoms with E-state index in [9.17, 15) is 4.39 Å². The third-order valence-electron chi connectivity index (χ3n) is 3.29. The molecule has 18 heavy (non-hydrogen) atoms. The van der Waals surface area contributed by atoms with Crippen LogP contribution in [0.4, 0.5) is 4.39 Å². The molecule has 2 rings (SSSR count). The van der Waals surface area contributed by atoms with E-state index in [1.165, 1.54) is 5.56 Å². The summed E-state index contributed by atoms with van der Waals surface area (Å²) < 4.78 is 14.1. The SMILES string of the molecule is CN(CC(F)=C1CCNCC1)Cc1ccccc1. The summed E-state index contributed by atoms with van der Waals surface area (Å²) in [6.45, 7) is 3.03. The lowest BCUT2D eigenvalue weighted by molar-refractivity contribution is 0.323. The van der Waals surface area contributed by atoms with Crippen molar-refractivity contribution >= 4 is 0 Å². The Kier molecular flexibility index (Phi) is 4.90. The van der Waals surface area contributed by atoms with Gasteiger partial charge in [0.15, 0.2) is 0 Å². The van der Waals surface area contributed by atoms with Crippen LogP contribution < -0.4 is 5.32 Å². The summed E-state index contributed by atoms with van der Waals surface area (Å²) in [4.78, 5) is 2.03. The molecular weight excluding hydrogens is 227 g/mol. The van der Waals surface area contributed by atoms with Crippen LogP contribution in [0.5, 0.6) is 0 Å². The van der Waals surface area contributed by atoms with Crippen LogP contribution in [-0.4, -0.2) is 31.6 Å². The first-order chi connectivity index (χ1) is 8.75. The number of nitrogens with one attached hydrogen (secondary N) is 1. The van der Waals surface area contributed by atoms with Gasteiger partial charge in [0, 0.05) is 6.54 Å². The predicted molar refractivity (Wildman–Crippen MR) is 73.0 cm³/mol. The minimum Gasteiger partial charge on any atom is -0.316 e. The van der Waals surface area contributed by atoms with Gasteiger partial charge < -0.3 is 5.32 Å². The van der Waals surface area contributed by atoms with Crippen LogP contribution in [0.15, 0.2) is 41.7 Å².